The molecule has 0 bridgehead atoms. The molecule has 60 valence electrons. The zero-order chi connectivity index (χ0) is 8.48. The van der Waals surface area contributed by atoms with Crippen molar-refractivity contribution in [3.05, 3.63) is 29.8 Å². The van der Waals surface area contributed by atoms with Crippen molar-refractivity contribution < 1.29 is 18.9 Å². The lowest BCUT2D eigenvalue weighted by Gasteiger charge is -2.05. The highest BCUT2D eigenvalue weighted by Gasteiger charge is 2.33. The average Bonchev–Trinajstić information content (AvgIpc) is 1.86. The van der Waals surface area contributed by atoms with Gasteiger partial charge in [-0.1, -0.05) is 12.1 Å². The molecule has 1 aromatic carbocycles. The van der Waals surface area contributed by atoms with E-state index in [1.165, 1.54) is 18.2 Å². The van der Waals surface area contributed by atoms with Gasteiger partial charge in [-0.2, -0.15) is 13.2 Å². The minimum absolute atomic E-state index is 0.0139. The van der Waals surface area contributed by atoms with Crippen LogP contribution in [-0.2, 0) is 6.18 Å². The number of halogens is 3. The van der Waals surface area contributed by atoms with E-state index in [1.807, 2.05) is 0 Å². The number of hydrogen-bond acceptors (Lipinski definition) is 0. The van der Waals surface area contributed by atoms with Gasteiger partial charge in [0.25, 0.3) is 0 Å². The molecule has 0 unspecified atom stereocenters. The van der Waals surface area contributed by atoms with E-state index in [4.69, 9.17) is 0 Å². The first-order valence-electron chi connectivity index (χ1n) is 3.00. The monoisotopic (exact) mass is 162 g/mol. The Labute approximate surface area is 61.6 Å². The van der Waals surface area contributed by atoms with Gasteiger partial charge in [-0.05, 0) is 12.1 Å². The molecule has 0 atom stereocenters. The summed E-state index contributed by atoms with van der Waals surface area (Å²) in [4.78, 5) is 0. The van der Waals surface area contributed by atoms with E-state index in [9.17, 15) is 13.2 Å². The van der Waals surface area contributed by atoms with E-state index in [0.29, 0.717) is 0 Å². The van der Waals surface area contributed by atoms with Crippen LogP contribution in [0.3, 0.4) is 0 Å². The van der Waals surface area contributed by atoms with Gasteiger partial charge in [-0.3, -0.25) is 0 Å². The Morgan fingerprint density at radius 1 is 1.09 bits per heavy atom. The van der Waals surface area contributed by atoms with Crippen LogP contribution in [-0.4, -0.2) is 0 Å². The van der Waals surface area contributed by atoms with Crippen LogP contribution in [0.25, 0.3) is 0 Å². The van der Waals surface area contributed by atoms with Crippen LogP contribution in [0.15, 0.2) is 24.3 Å². The standard InChI is InChI=1S/C7H6F3N/c8-7(9,10)5-3-1-2-4-6(5)11/h1-4H,11H2/p+1. The van der Waals surface area contributed by atoms with Crippen molar-refractivity contribution >= 4 is 5.69 Å². The molecular formula is C7H7F3N+. The maximum Gasteiger partial charge on any atom is 0.422 e. The van der Waals surface area contributed by atoms with E-state index in [2.05, 4.69) is 5.73 Å². The van der Waals surface area contributed by atoms with Crippen molar-refractivity contribution in [2.45, 2.75) is 6.18 Å². The van der Waals surface area contributed by atoms with E-state index in [0.717, 1.165) is 6.07 Å². The van der Waals surface area contributed by atoms with Crippen LogP contribution < -0.4 is 5.73 Å². The fourth-order valence-electron chi connectivity index (χ4n) is 0.797. The molecule has 4 heteroatoms. The lowest BCUT2D eigenvalue weighted by molar-refractivity contribution is -0.262. The second-order valence-corrected chi connectivity index (χ2v) is 2.15. The smallest absolute Gasteiger partial charge is 0.325 e. The van der Waals surface area contributed by atoms with Crippen molar-refractivity contribution in [3.63, 3.8) is 0 Å². The second-order valence-electron chi connectivity index (χ2n) is 2.15. The molecule has 0 spiro atoms. The van der Waals surface area contributed by atoms with Crippen LogP contribution in [0.1, 0.15) is 5.56 Å². The highest BCUT2D eigenvalue weighted by molar-refractivity contribution is 5.39. The summed E-state index contributed by atoms with van der Waals surface area (Å²) in [6, 6.07) is 5.22. The lowest BCUT2D eigenvalue weighted by atomic mass is 10.2. The van der Waals surface area contributed by atoms with Crippen molar-refractivity contribution in [2.75, 3.05) is 0 Å². The van der Waals surface area contributed by atoms with Crippen LogP contribution in [0.5, 0.6) is 0 Å². The predicted octanol–water partition coefficient (Wildman–Crippen LogP) is 1.58. The molecule has 0 heterocycles. The number of alkyl halides is 3. The van der Waals surface area contributed by atoms with Gasteiger partial charge >= 0.3 is 6.18 Å². The van der Waals surface area contributed by atoms with Crippen LogP contribution in [0.2, 0.25) is 0 Å². The molecule has 1 nitrogen and oxygen atoms in total. The third-order valence-electron chi connectivity index (χ3n) is 1.32. The van der Waals surface area contributed by atoms with Crippen molar-refractivity contribution in [1.29, 1.82) is 0 Å². The number of hydrogen-bond donors (Lipinski definition) is 1. The molecule has 1 rings (SSSR count). The van der Waals surface area contributed by atoms with Gasteiger partial charge < -0.3 is 5.73 Å². The molecule has 0 fully saturated rings. The molecule has 3 N–H and O–H groups in total. The maximum atomic E-state index is 12.0. The maximum absolute atomic E-state index is 12.0. The van der Waals surface area contributed by atoms with Crippen molar-refractivity contribution in [2.24, 2.45) is 0 Å². The first-order chi connectivity index (χ1) is 5.02. The van der Waals surface area contributed by atoms with Gasteiger partial charge in [0, 0.05) is 0 Å². The van der Waals surface area contributed by atoms with E-state index in [-0.39, 0.29) is 5.69 Å². The fourth-order valence-corrected chi connectivity index (χ4v) is 0.797. The predicted molar refractivity (Wildman–Crippen MR) is 34.0 cm³/mol. The molecule has 0 aliphatic carbocycles. The van der Waals surface area contributed by atoms with Gasteiger partial charge in [0.05, 0.1) is 0 Å². The van der Waals surface area contributed by atoms with Gasteiger partial charge in [-0.15, -0.1) is 0 Å². The Morgan fingerprint density at radius 2 is 1.64 bits per heavy atom. The Bertz CT molecular complexity index is 254. The van der Waals surface area contributed by atoms with Crippen LogP contribution in [0.4, 0.5) is 18.9 Å². The normalized spacial score (nSPS) is 11.6. The molecule has 0 saturated heterocycles. The van der Waals surface area contributed by atoms with E-state index < -0.39 is 11.7 Å². The molecule has 11 heavy (non-hydrogen) atoms. The number of quaternary nitrogens is 1. The number of benzene rings is 1. The topological polar surface area (TPSA) is 27.6 Å². The lowest BCUT2D eigenvalue weighted by Crippen LogP contribution is -2.42. The van der Waals surface area contributed by atoms with Gasteiger partial charge in [0.2, 0.25) is 0 Å². The van der Waals surface area contributed by atoms with Crippen LogP contribution in [0, 0.1) is 0 Å². The summed E-state index contributed by atoms with van der Waals surface area (Å²) in [6.07, 6.45) is -4.28. The second kappa shape index (κ2) is 2.54. The first-order valence-corrected chi connectivity index (χ1v) is 3.00. The molecule has 1 aromatic rings. The Kier molecular flexibility index (Phi) is 1.87. The summed E-state index contributed by atoms with van der Waals surface area (Å²) in [7, 11) is 0. The Morgan fingerprint density at radius 3 is 2.00 bits per heavy atom. The minimum atomic E-state index is -4.28. The summed E-state index contributed by atoms with van der Waals surface area (Å²) in [6.45, 7) is 0. The third kappa shape index (κ3) is 1.71. The first kappa shape index (κ1) is 8.07. The fraction of sp³-hybridized carbons (Fsp3) is 0.143. The Hall–Kier alpha value is -1.03. The van der Waals surface area contributed by atoms with E-state index >= 15 is 0 Å². The summed E-state index contributed by atoms with van der Waals surface area (Å²) >= 11 is 0. The van der Waals surface area contributed by atoms with Crippen LogP contribution >= 0.6 is 0 Å². The molecule has 0 aliphatic rings. The summed E-state index contributed by atoms with van der Waals surface area (Å²) in [5.41, 5.74) is 2.61. The molecule has 0 aliphatic heterocycles. The molecule has 0 radical (unpaired) electrons. The van der Waals surface area contributed by atoms with E-state index in [1.54, 1.807) is 0 Å². The number of rotatable bonds is 0. The minimum Gasteiger partial charge on any atom is -0.325 e. The molecule has 0 amide bonds. The third-order valence-corrected chi connectivity index (χ3v) is 1.32. The zero-order valence-electron chi connectivity index (χ0n) is 5.65. The highest BCUT2D eigenvalue weighted by Crippen LogP contribution is 2.31. The Balaban J connectivity index is 3.14. The SMILES string of the molecule is [NH3+]c1ccccc1C(F)(F)F. The van der Waals surface area contributed by atoms with Gasteiger partial charge in [0.1, 0.15) is 11.3 Å². The highest BCUT2D eigenvalue weighted by atomic mass is 19.4. The van der Waals surface area contributed by atoms with Crippen molar-refractivity contribution in [3.8, 4) is 0 Å². The molecule has 0 aromatic heterocycles. The quantitative estimate of drug-likeness (QED) is 0.599. The zero-order valence-corrected chi connectivity index (χ0v) is 5.65. The summed E-state index contributed by atoms with van der Waals surface area (Å²) in [5.74, 6) is 0. The van der Waals surface area contributed by atoms with Crippen molar-refractivity contribution in [1.82, 2.24) is 0 Å². The molecular weight excluding hydrogens is 155 g/mol. The average molecular weight is 162 g/mol. The largest absolute Gasteiger partial charge is 0.422 e. The summed E-state index contributed by atoms with van der Waals surface area (Å²) in [5, 5.41) is 0. The van der Waals surface area contributed by atoms with Gasteiger partial charge in [0.15, 0.2) is 0 Å². The molecule has 0 saturated carbocycles. The summed E-state index contributed by atoms with van der Waals surface area (Å²) < 4.78 is 36.0. The van der Waals surface area contributed by atoms with Gasteiger partial charge in [-0.25, -0.2) is 0 Å².